The average molecular weight is 615 g/mol. The van der Waals surface area contributed by atoms with Crippen molar-refractivity contribution in [2.45, 2.75) is 91.8 Å². The third kappa shape index (κ3) is 7.06. The second kappa shape index (κ2) is 14.8. The van der Waals surface area contributed by atoms with Crippen LogP contribution in [0, 0.1) is 12.8 Å². The average Bonchev–Trinajstić information content (AvgIpc) is 3.50. The van der Waals surface area contributed by atoms with Crippen LogP contribution in [0.1, 0.15) is 76.6 Å². The summed E-state index contributed by atoms with van der Waals surface area (Å²) in [5.41, 5.74) is 4.89. The quantitative estimate of drug-likeness (QED) is 0.288. The zero-order chi connectivity index (χ0) is 32.1. The second-order valence-corrected chi connectivity index (χ2v) is 12.9. The number of carbonyl (C=O) groups excluding carboxylic acids is 1. The molecule has 8 heteroatoms. The van der Waals surface area contributed by atoms with Crippen LogP contribution in [-0.2, 0) is 17.8 Å². The van der Waals surface area contributed by atoms with Crippen molar-refractivity contribution in [2.75, 3.05) is 56.7 Å². The van der Waals surface area contributed by atoms with Gasteiger partial charge in [-0.15, -0.1) is 0 Å². The molecule has 6 rings (SSSR count). The molecule has 2 atom stereocenters. The number of benzene rings is 2. The first kappa shape index (κ1) is 33.0. The number of likely N-dealkylation sites (tertiary alicyclic amines) is 1. The summed E-state index contributed by atoms with van der Waals surface area (Å²) in [7, 11) is 4.16. The first-order valence-electron chi connectivity index (χ1n) is 17.3. The SMILES string of the molecule is CC.CCC(C)C(=O)N(C)C1CCN(c2nc(OC[C@@H]3CCCN3C)nc3c2CCN(c2cccc4cccc(C)c24)C3)CC1. The van der Waals surface area contributed by atoms with Crippen molar-refractivity contribution < 1.29 is 9.53 Å². The Labute approximate surface area is 270 Å². The Morgan fingerprint density at radius 3 is 2.44 bits per heavy atom. The minimum atomic E-state index is 0.0731. The summed E-state index contributed by atoms with van der Waals surface area (Å²) in [4.78, 5) is 32.3. The lowest BCUT2D eigenvalue weighted by molar-refractivity contribution is -0.136. The molecule has 1 amide bonds. The first-order valence-corrected chi connectivity index (χ1v) is 17.3. The van der Waals surface area contributed by atoms with E-state index >= 15 is 0 Å². The third-order valence-corrected chi connectivity index (χ3v) is 10.2. The van der Waals surface area contributed by atoms with Crippen LogP contribution in [0.5, 0.6) is 6.01 Å². The lowest BCUT2D eigenvalue weighted by Gasteiger charge is -2.40. The van der Waals surface area contributed by atoms with E-state index in [0.717, 1.165) is 76.3 Å². The molecule has 4 heterocycles. The van der Waals surface area contributed by atoms with E-state index in [4.69, 9.17) is 14.7 Å². The van der Waals surface area contributed by atoms with Crippen LogP contribution in [-0.4, -0.2) is 84.6 Å². The summed E-state index contributed by atoms with van der Waals surface area (Å²) in [5.74, 6) is 1.36. The van der Waals surface area contributed by atoms with E-state index in [0.29, 0.717) is 18.7 Å². The fourth-order valence-corrected chi connectivity index (χ4v) is 7.22. The predicted octanol–water partition coefficient (Wildman–Crippen LogP) is 6.47. The Hall–Kier alpha value is -3.39. The molecule has 0 aliphatic carbocycles. The number of piperidine rings is 1. The molecule has 2 fully saturated rings. The predicted molar refractivity (Wildman–Crippen MR) is 185 cm³/mol. The number of aryl methyl sites for hydroxylation is 1. The van der Waals surface area contributed by atoms with Crippen molar-refractivity contribution in [3.05, 3.63) is 53.2 Å². The number of nitrogens with zero attached hydrogens (tertiary/aromatic N) is 6. The van der Waals surface area contributed by atoms with Gasteiger partial charge in [0.25, 0.3) is 0 Å². The van der Waals surface area contributed by atoms with E-state index in [-0.39, 0.29) is 17.9 Å². The fraction of sp³-hybridized carbons (Fsp3) is 0.595. The molecule has 0 radical (unpaired) electrons. The molecule has 244 valence electrons. The highest BCUT2D eigenvalue weighted by Gasteiger charge is 2.32. The van der Waals surface area contributed by atoms with Gasteiger partial charge in [0, 0.05) is 61.3 Å². The second-order valence-electron chi connectivity index (χ2n) is 12.9. The number of anilines is 2. The Morgan fingerprint density at radius 2 is 1.76 bits per heavy atom. The largest absolute Gasteiger partial charge is 0.462 e. The van der Waals surface area contributed by atoms with Gasteiger partial charge in [0.2, 0.25) is 5.91 Å². The molecule has 3 aromatic rings. The summed E-state index contributed by atoms with van der Waals surface area (Å²) in [5, 5.41) is 2.60. The molecule has 45 heavy (non-hydrogen) atoms. The Kier molecular flexibility index (Phi) is 10.9. The maximum absolute atomic E-state index is 12.9. The molecule has 0 N–H and O–H groups in total. The third-order valence-electron chi connectivity index (χ3n) is 10.2. The lowest BCUT2D eigenvalue weighted by Crippen LogP contribution is -2.47. The number of carbonyl (C=O) groups is 1. The van der Waals surface area contributed by atoms with Crippen LogP contribution >= 0.6 is 0 Å². The maximum atomic E-state index is 12.9. The highest BCUT2D eigenvalue weighted by molar-refractivity contribution is 5.97. The summed E-state index contributed by atoms with van der Waals surface area (Å²) < 4.78 is 6.36. The van der Waals surface area contributed by atoms with Crippen molar-refractivity contribution >= 4 is 28.2 Å². The zero-order valence-corrected chi connectivity index (χ0v) is 28.7. The molecular weight excluding hydrogens is 560 g/mol. The smallest absolute Gasteiger partial charge is 0.318 e. The number of aromatic nitrogens is 2. The van der Waals surface area contributed by atoms with Gasteiger partial charge in [0.1, 0.15) is 12.4 Å². The van der Waals surface area contributed by atoms with E-state index < -0.39 is 0 Å². The van der Waals surface area contributed by atoms with E-state index in [2.05, 4.69) is 72.0 Å². The molecule has 0 bridgehead atoms. The Morgan fingerprint density at radius 1 is 1.02 bits per heavy atom. The van der Waals surface area contributed by atoms with E-state index in [1.165, 1.54) is 34.0 Å². The van der Waals surface area contributed by atoms with Crippen molar-refractivity contribution in [3.8, 4) is 6.01 Å². The van der Waals surface area contributed by atoms with Gasteiger partial charge in [-0.2, -0.15) is 9.97 Å². The van der Waals surface area contributed by atoms with Crippen molar-refractivity contribution in [3.63, 3.8) is 0 Å². The molecule has 3 aliphatic rings. The number of likely N-dealkylation sites (N-methyl/N-ethyl adjacent to an activating group) is 1. The molecule has 3 aliphatic heterocycles. The first-order chi connectivity index (χ1) is 21.8. The number of rotatable bonds is 8. The minimum Gasteiger partial charge on any atom is -0.462 e. The molecule has 8 nitrogen and oxygen atoms in total. The Bertz CT molecular complexity index is 1450. The summed E-state index contributed by atoms with van der Waals surface area (Å²) in [6, 6.07) is 14.3. The normalized spacial score (nSPS) is 19.6. The van der Waals surface area contributed by atoms with Gasteiger partial charge in [0.15, 0.2) is 0 Å². The van der Waals surface area contributed by atoms with Crippen LogP contribution in [0.2, 0.25) is 0 Å². The molecule has 2 aromatic carbocycles. The highest BCUT2D eigenvalue weighted by Crippen LogP contribution is 2.36. The van der Waals surface area contributed by atoms with Gasteiger partial charge in [-0.25, -0.2) is 0 Å². The van der Waals surface area contributed by atoms with Crippen LogP contribution in [0.25, 0.3) is 10.8 Å². The Balaban J connectivity index is 0.00000196. The maximum Gasteiger partial charge on any atom is 0.318 e. The van der Waals surface area contributed by atoms with E-state index in [9.17, 15) is 4.79 Å². The topological polar surface area (TPSA) is 65.0 Å². The van der Waals surface area contributed by atoms with Gasteiger partial charge >= 0.3 is 6.01 Å². The number of amides is 1. The zero-order valence-electron chi connectivity index (χ0n) is 28.7. The highest BCUT2D eigenvalue weighted by atomic mass is 16.5. The number of hydrogen-bond acceptors (Lipinski definition) is 7. The van der Waals surface area contributed by atoms with Crippen molar-refractivity contribution in [2.24, 2.45) is 5.92 Å². The van der Waals surface area contributed by atoms with Crippen molar-refractivity contribution in [1.29, 1.82) is 0 Å². The molecule has 0 saturated carbocycles. The molecular formula is C37H54N6O2. The van der Waals surface area contributed by atoms with Gasteiger partial charge in [-0.1, -0.05) is 58.0 Å². The minimum absolute atomic E-state index is 0.0731. The standard InChI is InChI=1S/C35H48N6O2.C2H6/c1-6-24(2)34(42)39(5)27-15-19-40(20-16-27)33-29-17-21-41(31-14-8-12-26-11-7-10-25(3)32(26)31)22-30(29)36-35(37-33)43-23-28-13-9-18-38(28)4;1-2/h7-8,10-12,14,24,27-28H,6,9,13,15-23H2,1-5H3;1-2H3/t24?,28-;/m0./s1. The molecule has 0 spiro atoms. The van der Waals surface area contributed by atoms with Crippen molar-refractivity contribution in [1.82, 2.24) is 19.8 Å². The van der Waals surface area contributed by atoms with Gasteiger partial charge in [0.05, 0.1) is 12.2 Å². The van der Waals surface area contributed by atoms with Crippen LogP contribution in [0.3, 0.4) is 0 Å². The van der Waals surface area contributed by atoms with Crippen LogP contribution in [0.4, 0.5) is 11.5 Å². The summed E-state index contributed by atoms with van der Waals surface area (Å²) in [6.07, 6.45) is 6.03. The number of hydrogen-bond donors (Lipinski definition) is 0. The monoisotopic (exact) mass is 614 g/mol. The van der Waals surface area contributed by atoms with Gasteiger partial charge < -0.3 is 24.3 Å². The number of ether oxygens (including phenoxy) is 1. The molecule has 2 saturated heterocycles. The molecule has 1 unspecified atom stereocenters. The van der Waals surface area contributed by atoms with Gasteiger partial charge in [-0.05, 0) is 76.1 Å². The van der Waals surface area contributed by atoms with Gasteiger partial charge in [-0.3, -0.25) is 4.79 Å². The lowest BCUT2D eigenvalue weighted by atomic mass is 9.98. The van der Waals surface area contributed by atoms with Crippen LogP contribution < -0.4 is 14.5 Å². The molecule has 1 aromatic heterocycles. The fourth-order valence-electron chi connectivity index (χ4n) is 7.22. The summed E-state index contributed by atoms with van der Waals surface area (Å²) in [6.45, 7) is 15.5. The van der Waals surface area contributed by atoms with E-state index in [1.54, 1.807) is 0 Å². The van der Waals surface area contributed by atoms with E-state index in [1.807, 2.05) is 32.7 Å². The van der Waals surface area contributed by atoms with Crippen LogP contribution in [0.15, 0.2) is 36.4 Å². The summed E-state index contributed by atoms with van der Waals surface area (Å²) >= 11 is 0. The number of fused-ring (bicyclic) bond motifs is 2.